The van der Waals surface area contributed by atoms with E-state index in [0.29, 0.717) is 12.1 Å². The van der Waals surface area contributed by atoms with Crippen LogP contribution in [0.15, 0.2) is 35.3 Å². The zero-order valence-electron chi connectivity index (χ0n) is 19.4. The lowest BCUT2D eigenvalue weighted by Gasteiger charge is -2.21. The van der Waals surface area contributed by atoms with Crippen LogP contribution < -0.4 is 15.5 Å². The van der Waals surface area contributed by atoms with Gasteiger partial charge in [0.15, 0.2) is 5.96 Å². The normalized spacial score (nSPS) is 21.4. The van der Waals surface area contributed by atoms with E-state index in [0.717, 1.165) is 44.5 Å². The molecule has 1 amide bonds. The van der Waals surface area contributed by atoms with E-state index in [-0.39, 0.29) is 36.4 Å². The number of likely N-dealkylation sites (N-methyl/N-ethyl adjacent to an activating group) is 1. The molecule has 1 aromatic rings. The SMILES string of the molecule is CC1CC(NC(=NCC(=O)N(C)C)NCCCN(C)c2ccccc2)CN1C1CC1.I. The third-order valence-electron chi connectivity index (χ3n) is 6.01. The third-order valence-corrected chi connectivity index (χ3v) is 6.01. The second-order valence-electron chi connectivity index (χ2n) is 8.84. The first-order valence-corrected chi connectivity index (χ1v) is 11.2. The molecule has 1 aromatic carbocycles. The fraction of sp³-hybridized carbons (Fsp3) is 0.652. The molecular formula is C23H39IN6O. The molecular weight excluding hydrogens is 503 g/mol. The second kappa shape index (κ2) is 12.5. The van der Waals surface area contributed by atoms with Gasteiger partial charge in [-0.25, -0.2) is 4.99 Å². The summed E-state index contributed by atoms with van der Waals surface area (Å²) in [5.41, 5.74) is 1.22. The molecule has 3 rings (SSSR count). The third kappa shape index (κ3) is 8.14. The number of carbonyl (C=O) groups is 1. The molecule has 2 unspecified atom stereocenters. The van der Waals surface area contributed by atoms with Crippen molar-refractivity contribution in [2.24, 2.45) is 4.99 Å². The molecule has 0 aromatic heterocycles. The van der Waals surface area contributed by atoms with Gasteiger partial charge in [-0.1, -0.05) is 18.2 Å². The number of benzene rings is 1. The molecule has 2 atom stereocenters. The number of para-hydroxylation sites is 1. The molecule has 1 aliphatic carbocycles. The van der Waals surface area contributed by atoms with Crippen LogP contribution in [0.3, 0.4) is 0 Å². The van der Waals surface area contributed by atoms with Crippen LogP contribution in [0.25, 0.3) is 0 Å². The van der Waals surface area contributed by atoms with Crippen molar-refractivity contribution in [2.75, 3.05) is 52.2 Å². The van der Waals surface area contributed by atoms with Crippen molar-refractivity contribution in [1.29, 1.82) is 0 Å². The largest absolute Gasteiger partial charge is 0.375 e. The van der Waals surface area contributed by atoms with Crippen molar-refractivity contribution in [3.8, 4) is 0 Å². The molecule has 7 nitrogen and oxygen atoms in total. The second-order valence-corrected chi connectivity index (χ2v) is 8.84. The molecule has 1 heterocycles. The lowest BCUT2D eigenvalue weighted by Crippen LogP contribution is -2.46. The van der Waals surface area contributed by atoms with Crippen LogP contribution in [-0.2, 0) is 4.79 Å². The van der Waals surface area contributed by atoms with Crippen LogP contribution in [0.4, 0.5) is 5.69 Å². The van der Waals surface area contributed by atoms with Gasteiger partial charge in [0, 0.05) is 64.6 Å². The van der Waals surface area contributed by atoms with Crippen molar-refractivity contribution in [3.63, 3.8) is 0 Å². The first-order chi connectivity index (χ1) is 14.4. The Morgan fingerprint density at radius 1 is 1.19 bits per heavy atom. The van der Waals surface area contributed by atoms with E-state index in [9.17, 15) is 4.79 Å². The number of nitrogens with zero attached hydrogens (tertiary/aromatic N) is 4. The lowest BCUT2D eigenvalue weighted by molar-refractivity contribution is -0.127. The average Bonchev–Trinajstić information content (AvgIpc) is 3.51. The summed E-state index contributed by atoms with van der Waals surface area (Å²) in [5, 5.41) is 7.03. The van der Waals surface area contributed by atoms with Crippen LogP contribution in [0, 0.1) is 0 Å². The standard InChI is InChI=1S/C23H38N6O.HI/c1-18-15-19(17-29(18)21-11-12-21)26-23(25-16-22(30)27(2)3)24-13-8-14-28(4)20-9-6-5-7-10-20;/h5-7,9-10,18-19,21H,8,11-17H2,1-4H3,(H2,24,25,26);1H. The molecule has 0 bridgehead atoms. The van der Waals surface area contributed by atoms with Gasteiger partial charge >= 0.3 is 0 Å². The van der Waals surface area contributed by atoms with Crippen LogP contribution in [0.1, 0.15) is 32.6 Å². The first-order valence-electron chi connectivity index (χ1n) is 11.2. The van der Waals surface area contributed by atoms with E-state index in [1.54, 1.807) is 19.0 Å². The van der Waals surface area contributed by atoms with Crippen LogP contribution in [0.5, 0.6) is 0 Å². The van der Waals surface area contributed by atoms with Crippen molar-refractivity contribution in [2.45, 2.75) is 50.7 Å². The van der Waals surface area contributed by atoms with Gasteiger partial charge in [-0.2, -0.15) is 0 Å². The predicted molar refractivity (Wildman–Crippen MR) is 139 cm³/mol. The monoisotopic (exact) mass is 542 g/mol. The van der Waals surface area contributed by atoms with Crippen molar-refractivity contribution in [3.05, 3.63) is 30.3 Å². The summed E-state index contributed by atoms with van der Waals surface area (Å²) in [7, 11) is 5.65. The summed E-state index contributed by atoms with van der Waals surface area (Å²) in [6, 6.07) is 12.2. The van der Waals surface area contributed by atoms with Crippen molar-refractivity contribution in [1.82, 2.24) is 20.4 Å². The highest BCUT2D eigenvalue weighted by atomic mass is 127. The summed E-state index contributed by atoms with van der Waals surface area (Å²) in [4.78, 5) is 23.0. The highest BCUT2D eigenvalue weighted by Crippen LogP contribution is 2.33. The molecule has 0 radical (unpaired) electrons. The van der Waals surface area contributed by atoms with Gasteiger partial charge in [-0.15, -0.1) is 24.0 Å². The number of rotatable bonds is 9. The van der Waals surface area contributed by atoms with Crippen LogP contribution in [-0.4, -0.2) is 87.1 Å². The number of halogens is 1. The van der Waals surface area contributed by atoms with E-state index < -0.39 is 0 Å². The van der Waals surface area contributed by atoms with Gasteiger partial charge < -0.3 is 20.4 Å². The number of likely N-dealkylation sites (tertiary alicyclic amines) is 1. The van der Waals surface area contributed by atoms with Crippen molar-refractivity contribution >= 4 is 41.5 Å². The number of aliphatic imine (C=N–C) groups is 1. The highest BCUT2D eigenvalue weighted by molar-refractivity contribution is 14.0. The van der Waals surface area contributed by atoms with E-state index in [2.05, 4.69) is 63.7 Å². The topological polar surface area (TPSA) is 63.2 Å². The fourth-order valence-corrected chi connectivity index (χ4v) is 4.04. The summed E-state index contributed by atoms with van der Waals surface area (Å²) in [6.45, 7) is 5.32. The Kier molecular flexibility index (Phi) is 10.3. The Bertz CT molecular complexity index is 709. The molecule has 1 saturated heterocycles. The Balaban J connectivity index is 0.00000341. The van der Waals surface area contributed by atoms with E-state index >= 15 is 0 Å². The minimum atomic E-state index is 0. The number of hydrogen-bond donors (Lipinski definition) is 2. The number of amides is 1. The molecule has 0 spiro atoms. The zero-order valence-corrected chi connectivity index (χ0v) is 21.7. The Hall–Kier alpha value is -1.55. The molecule has 2 N–H and O–H groups in total. The smallest absolute Gasteiger partial charge is 0.243 e. The van der Waals surface area contributed by atoms with Gasteiger partial charge in [0.2, 0.25) is 5.91 Å². The Labute approximate surface area is 204 Å². The molecule has 1 saturated carbocycles. The number of nitrogens with one attached hydrogen (secondary N) is 2. The highest BCUT2D eigenvalue weighted by Gasteiger charge is 2.38. The molecule has 31 heavy (non-hydrogen) atoms. The minimum Gasteiger partial charge on any atom is -0.375 e. The van der Waals surface area contributed by atoms with Gasteiger partial charge in [-0.3, -0.25) is 9.69 Å². The van der Waals surface area contributed by atoms with E-state index in [1.807, 2.05) is 6.07 Å². The molecule has 2 aliphatic rings. The van der Waals surface area contributed by atoms with Gasteiger partial charge in [0.25, 0.3) is 0 Å². The average molecular weight is 543 g/mol. The van der Waals surface area contributed by atoms with E-state index in [1.165, 1.54) is 18.5 Å². The Morgan fingerprint density at radius 3 is 2.55 bits per heavy atom. The van der Waals surface area contributed by atoms with Gasteiger partial charge in [0.1, 0.15) is 6.54 Å². The lowest BCUT2D eigenvalue weighted by atomic mass is 10.2. The van der Waals surface area contributed by atoms with Gasteiger partial charge in [0.05, 0.1) is 0 Å². The quantitative estimate of drug-likeness (QED) is 0.217. The van der Waals surface area contributed by atoms with Crippen LogP contribution >= 0.6 is 24.0 Å². The van der Waals surface area contributed by atoms with Crippen LogP contribution in [0.2, 0.25) is 0 Å². The maximum atomic E-state index is 12.0. The summed E-state index contributed by atoms with van der Waals surface area (Å²) < 4.78 is 0. The maximum Gasteiger partial charge on any atom is 0.243 e. The van der Waals surface area contributed by atoms with Gasteiger partial charge in [-0.05, 0) is 44.7 Å². The predicted octanol–water partition coefficient (Wildman–Crippen LogP) is 2.38. The molecule has 1 aliphatic heterocycles. The minimum absolute atomic E-state index is 0. The first kappa shape index (κ1) is 25.7. The number of carbonyl (C=O) groups excluding carboxylic acids is 1. The number of guanidine groups is 1. The zero-order chi connectivity index (χ0) is 21.5. The number of hydrogen-bond acceptors (Lipinski definition) is 4. The summed E-state index contributed by atoms with van der Waals surface area (Å²) >= 11 is 0. The molecule has 8 heteroatoms. The summed E-state index contributed by atoms with van der Waals surface area (Å²) in [6.07, 6.45) is 4.78. The molecule has 2 fully saturated rings. The number of anilines is 1. The summed E-state index contributed by atoms with van der Waals surface area (Å²) in [5.74, 6) is 0.765. The molecule has 174 valence electrons. The fourth-order valence-electron chi connectivity index (χ4n) is 4.04. The van der Waals surface area contributed by atoms with E-state index in [4.69, 9.17) is 0 Å². The maximum absolute atomic E-state index is 12.0. The Morgan fingerprint density at radius 2 is 1.90 bits per heavy atom. The van der Waals surface area contributed by atoms with Crippen molar-refractivity contribution < 1.29 is 4.79 Å².